The number of hydrogen-bond donors (Lipinski definition) is 1. The molecule has 222 valence electrons. The Morgan fingerprint density at radius 3 is 2.40 bits per heavy atom. The summed E-state index contributed by atoms with van der Waals surface area (Å²) in [4.78, 5) is 27.1. The third-order valence-electron chi connectivity index (χ3n) is 7.99. The van der Waals surface area contributed by atoms with E-state index >= 15 is 4.39 Å². The summed E-state index contributed by atoms with van der Waals surface area (Å²) in [5.74, 6) is 0.170. The second-order valence-corrected chi connectivity index (χ2v) is 11.1. The van der Waals surface area contributed by atoms with Gasteiger partial charge in [0.1, 0.15) is 22.9 Å². The van der Waals surface area contributed by atoms with E-state index in [4.69, 9.17) is 0 Å². The van der Waals surface area contributed by atoms with Crippen LogP contribution in [0.1, 0.15) is 49.9 Å². The number of halogens is 2. The molecule has 0 bridgehead atoms. The third kappa shape index (κ3) is 5.82. The van der Waals surface area contributed by atoms with E-state index in [0.29, 0.717) is 22.7 Å². The van der Waals surface area contributed by atoms with Gasteiger partial charge in [0.05, 0.1) is 23.4 Å². The molecule has 1 saturated heterocycles. The van der Waals surface area contributed by atoms with Gasteiger partial charge in [0, 0.05) is 50.2 Å². The van der Waals surface area contributed by atoms with Crippen molar-refractivity contribution in [2.75, 3.05) is 38.0 Å². The zero-order valence-electron chi connectivity index (χ0n) is 24.8. The lowest BCUT2D eigenvalue weighted by molar-refractivity contribution is 0.112. The highest BCUT2D eigenvalue weighted by atomic mass is 19.1. The Kier molecular flexibility index (Phi) is 8.09. The second kappa shape index (κ2) is 12.1. The van der Waals surface area contributed by atoms with Crippen LogP contribution in [0.3, 0.4) is 0 Å². The predicted molar refractivity (Wildman–Crippen MR) is 163 cm³/mol. The van der Waals surface area contributed by atoms with Gasteiger partial charge in [-0.25, -0.2) is 28.7 Å². The van der Waals surface area contributed by atoms with Gasteiger partial charge < -0.3 is 14.8 Å². The number of nitrogens with one attached hydrogen (secondary N) is 1. The Morgan fingerprint density at radius 1 is 0.907 bits per heavy atom. The average Bonchev–Trinajstić information content (AvgIpc) is 3.36. The van der Waals surface area contributed by atoms with Crippen LogP contribution in [0.25, 0.3) is 22.3 Å². The number of aryl methyl sites for hydroxylation is 1. The molecule has 0 saturated carbocycles. The summed E-state index contributed by atoms with van der Waals surface area (Å²) in [5.41, 5.74) is 3.13. The normalized spacial score (nSPS) is 15.3. The molecule has 0 radical (unpaired) electrons. The molecule has 1 unspecified atom stereocenters. The Balaban J connectivity index is 1.27. The van der Waals surface area contributed by atoms with Crippen molar-refractivity contribution in [1.82, 2.24) is 39.3 Å². The minimum atomic E-state index is -0.652. The number of likely N-dealkylation sites (N-methyl/N-ethyl adjacent to an activating group) is 1. The minimum Gasteiger partial charge on any atom is -0.326 e. The van der Waals surface area contributed by atoms with Crippen molar-refractivity contribution in [3.05, 3.63) is 89.8 Å². The van der Waals surface area contributed by atoms with Gasteiger partial charge in [-0.1, -0.05) is 19.1 Å². The maximum absolute atomic E-state index is 15.1. The predicted octanol–water partition coefficient (Wildman–Crippen LogP) is 5.92. The summed E-state index contributed by atoms with van der Waals surface area (Å²) in [7, 11) is 0. The van der Waals surface area contributed by atoms with E-state index in [0.717, 1.165) is 50.2 Å². The summed E-state index contributed by atoms with van der Waals surface area (Å²) in [6.45, 7) is 12.9. The highest BCUT2D eigenvalue weighted by Crippen LogP contribution is 2.31. The lowest BCUT2D eigenvalue weighted by Gasteiger charge is -2.38. The largest absolute Gasteiger partial charge is 0.326 e. The van der Waals surface area contributed by atoms with Crippen molar-refractivity contribution >= 4 is 22.8 Å². The molecule has 4 aromatic heterocycles. The lowest BCUT2D eigenvalue weighted by atomic mass is 10.0. The number of pyridine rings is 2. The molecule has 1 fully saturated rings. The fraction of sp³-hybridized carbons (Fsp3) is 0.344. The van der Waals surface area contributed by atoms with Gasteiger partial charge in [-0.3, -0.25) is 9.88 Å². The average molecular weight is 584 g/mol. The fourth-order valence-corrected chi connectivity index (χ4v) is 5.89. The SMILES string of the molecule is CCN1CCN(C(c2ccc(Nc3ncc(F)c(-c4cc(F)c5nc(C)n(C(C)C)c5c4)n3)nc2)c2ccccn2)CC1. The van der Waals surface area contributed by atoms with Gasteiger partial charge >= 0.3 is 0 Å². The van der Waals surface area contributed by atoms with Gasteiger partial charge in [0.15, 0.2) is 11.6 Å². The third-order valence-corrected chi connectivity index (χ3v) is 7.99. The van der Waals surface area contributed by atoms with Gasteiger partial charge in [0.2, 0.25) is 5.95 Å². The summed E-state index contributed by atoms with van der Waals surface area (Å²) in [6, 6.07) is 12.9. The van der Waals surface area contributed by atoms with Gasteiger partial charge in [-0.05, 0) is 63.2 Å². The zero-order valence-corrected chi connectivity index (χ0v) is 24.8. The van der Waals surface area contributed by atoms with Crippen LogP contribution in [0.15, 0.2) is 61.1 Å². The standard InChI is InChI=1S/C32H35F2N9/c1-5-41-12-14-42(15-13-41)31(26-8-6-7-11-35-26)22-9-10-28(36-18-22)39-32-37-19-25(34)29(40-32)23-16-24(33)30-27(17-23)43(20(2)3)21(4)38-30/h6-11,16-20,31H,5,12-15H2,1-4H3,(H,36,37,39,40). The summed E-state index contributed by atoms with van der Waals surface area (Å²) in [6.07, 6.45) is 4.73. The molecule has 1 aliphatic rings. The minimum absolute atomic E-state index is 0.00878. The first-order valence-corrected chi connectivity index (χ1v) is 14.6. The van der Waals surface area contributed by atoms with Crippen LogP contribution in [-0.4, -0.2) is 72.0 Å². The van der Waals surface area contributed by atoms with E-state index in [-0.39, 0.29) is 29.2 Å². The van der Waals surface area contributed by atoms with Crippen molar-refractivity contribution in [2.24, 2.45) is 0 Å². The maximum atomic E-state index is 15.1. The number of anilines is 2. The number of aromatic nitrogens is 6. The zero-order chi connectivity index (χ0) is 30.1. The van der Waals surface area contributed by atoms with Gasteiger partial charge in [0.25, 0.3) is 0 Å². The number of nitrogens with zero attached hydrogens (tertiary/aromatic N) is 8. The van der Waals surface area contributed by atoms with Crippen molar-refractivity contribution < 1.29 is 8.78 Å². The first kappa shape index (κ1) is 28.8. The van der Waals surface area contributed by atoms with Gasteiger partial charge in [-0.15, -0.1) is 0 Å². The van der Waals surface area contributed by atoms with E-state index in [2.05, 4.69) is 47.0 Å². The lowest BCUT2D eigenvalue weighted by Crippen LogP contribution is -2.47. The van der Waals surface area contributed by atoms with Crippen LogP contribution in [0.4, 0.5) is 20.5 Å². The quantitative estimate of drug-likeness (QED) is 0.241. The molecule has 1 N–H and O–H groups in total. The first-order valence-electron chi connectivity index (χ1n) is 14.6. The molecule has 9 nitrogen and oxygen atoms in total. The Labute approximate surface area is 249 Å². The number of hydrogen-bond acceptors (Lipinski definition) is 8. The molecule has 43 heavy (non-hydrogen) atoms. The molecule has 1 aromatic carbocycles. The van der Waals surface area contributed by atoms with E-state index in [9.17, 15) is 4.39 Å². The van der Waals surface area contributed by atoms with E-state index in [1.807, 2.05) is 68.1 Å². The molecule has 0 amide bonds. The van der Waals surface area contributed by atoms with E-state index in [1.165, 1.54) is 6.07 Å². The monoisotopic (exact) mass is 583 g/mol. The number of fused-ring (bicyclic) bond motifs is 1. The van der Waals surface area contributed by atoms with Crippen LogP contribution >= 0.6 is 0 Å². The van der Waals surface area contributed by atoms with Crippen LogP contribution in [-0.2, 0) is 0 Å². The fourth-order valence-electron chi connectivity index (χ4n) is 5.89. The molecular formula is C32H35F2N9. The molecule has 1 aliphatic heterocycles. The smallest absolute Gasteiger partial charge is 0.229 e. The number of benzene rings is 1. The Bertz CT molecular complexity index is 1710. The van der Waals surface area contributed by atoms with Crippen LogP contribution in [0, 0.1) is 18.6 Å². The van der Waals surface area contributed by atoms with Crippen LogP contribution < -0.4 is 5.32 Å². The van der Waals surface area contributed by atoms with Crippen LogP contribution in [0.2, 0.25) is 0 Å². The van der Waals surface area contributed by atoms with Crippen molar-refractivity contribution in [2.45, 2.75) is 39.8 Å². The van der Waals surface area contributed by atoms with Crippen LogP contribution in [0.5, 0.6) is 0 Å². The topological polar surface area (TPSA) is 87.9 Å². The molecule has 0 aliphatic carbocycles. The molecule has 0 spiro atoms. The highest BCUT2D eigenvalue weighted by molar-refractivity contribution is 5.83. The molecule has 11 heteroatoms. The second-order valence-electron chi connectivity index (χ2n) is 11.1. The van der Waals surface area contributed by atoms with E-state index < -0.39 is 11.6 Å². The number of imidazole rings is 1. The number of rotatable bonds is 8. The number of piperazine rings is 1. The maximum Gasteiger partial charge on any atom is 0.229 e. The van der Waals surface area contributed by atoms with Crippen molar-refractivity contribution in [3.63, 3.8) is 0 Å². The molecule has 5 heterocycles. The van der Waals surface area contributed by atoms with Gasteiger partial charge in [-0.2, -0.15) is 0 Å². The Hall–Kier alpha value is -4.35. The Morgan fingerprint density at radius 2 is 1.72 bits per heavy atom. The molecular weight excluding hydrogens is 548 g/mol. The molecule has 1 atom stereocenters. The summed E-state index contributed by atoms with van der Waals surface area (Å²) in [5, 5.41) is 3.08. The van der Waals surface area contributed by atoms with Crippen molar-refractivity contribution in [1.29, 1.82) is 0 Å². The molecule has 5 aromatic rings. The summed E-state index contributed by atoms with van der Waals surface area (Å²) < 4.78 is 32.0. The van der Waals surface area contributed by atoms with Crippen molar-refractivity contribution in [3.8, 4) is 11.3 Å². The summed E-state index contributed by atoms with van der Waals surface area (Å²) >= 11 is 0. The highest BCUT2D eigenvalue weighted by Gasteiger charge is 2.27. The molecule has 6 rings (SSSR count). The first-order chi connectivity index (χ1) is 20.8. The van der Waals surface area contributed by atoms with E-state index in [1.54, 1.807) is 6.07 Å².